The van der Waals surface area contributed by atoms with Crippen LogP contribution in [0.5, 0.6) is 11.5 Å². The molecule has 182 valence electrons. The fraction of sp³-hybridized carbons (Fsp3) is 0.273. The number of anilines is 3. The molecule has 0 fully saturated rings. The van der Waals surface area contributed by atoms with Gasteiger partial charge in [0.25, 0.3) is 0 Å². The zero-order valence-corrected chi connectivity index (χ0v) is 19.9. The van der Waals surface area contributed by atoms with Gasteiger partial charge in [-0.05, 0) is 48.4 Å². The average Bonchev–Trinajstić information content (AvgIpc) is 2.74. The molecule has 0 bridgehead atoms. The molecule has 3 rings (SSSR count). The summed E-state index contributed by atoms with van der Waals surface area (Å²) in [7, 11) is -2.78. The molecule has 10 nitrogen and oxygen atoms in total. The number of rotatable bonds is 9. The highest BCUT2D eigenvalue weighted by Crippen LogP contribution is 2.42. The van der Waals surface area contributed by atoms with E-state index in [9.17, 15) is 12.8 Å². The topological polar surface area (TPSA) is 160 Å². The molecule has 0 atom stereocenters. The number of nitrogen functional groups attached to an aromatic ring is 3. The molecule has 1 aromatic heterocycles. The van der Waals surface area contributed by atoms with Gasteiger partial charge >= 0.3 is 10.3 Å². The van der Waals surface area contributed by atoms with E-state index in [1.165, 1.54) is 31.4 Å². The van der Waals surface area contributed by atoms with Crippen LogP contribution in [0.15, 0.2) is 36.5 Å². The molecule has 0 unspecified atom stereocenters. The predicted molar refractivity (Wildman–Crippen MR) is 129 cm³/mol. The van der Waals surface area contributed by atoms with E-state index in [0.29, 0.717) is 16.7 Å². The monoisotopic (exact) mass is 490 g/mol. The van der Waals surface area contributed by atoms with Gasteiger partial charge in [-0.15, -0.1) is 0 Å². The van der Waals surface area contributed by atoms with E-state index >= 15 is 0 Å². The first-order chi connectivity index (χ1) is 16.0. The standard InChI is InChI=1S/C22H27FN6O4S/c1-4-29(3)34(30,31)33-19-8-13(6-15-12-27-22(26)28-21(15)25)7-18(32-5-2)20(19)14-9-16(23)11-17(24)10-14/h7-12H,4-6,24H2,1-3H3,(H4,25,26,27,28). The third-order valence-electron chi connectivity index (χ3n) is 4.97. The van der Waals surface area contributed by atoms with Gasteiger partial charge in [-0.3, -0.25) is 0 Å². The summed E-state index contributed by atoms with van der Waals surface area (Å²) < 4.78 is 52.1. The Morgan fingerprint density at radius 3 is 2.38 bits per heavy atom. The molecule has 0 saturated carbocycles. The number of ether oxygens (including phenoxy) is 1. The Balaban J connectivity index is 2.23. The molecular weight excluding hydrogens is 463 g/mol. The van der Waals surface area contributed by atoms with Crippen LogP contribution in [0.2, 0.25) is 0 Å². The largest absolute Gasteiger partial charge is 0.493 e. The molecular formula is C22H27FN6O4S. The fourth-order valence-corrected chi connectivity index (χ4v) is 4.05. The minimum absolute atomic E-state index is 0.0352. The zero-order chi connectivity index (χ0) is 25.0. The van der Waals surface area contributed by atoms with Crippen LogP contribution in [0, 0.1) is 5.82 Å². The van der Waals surface area contributed by atoms with Crippen LogP contribution in [0.3, 0.4) is 0 Å². The predicted octanol–water partition coefficient (Wildman–Crippen LogP) is 2.59. The Labute approximate surface area is 197 Å². The molecule has 0 aliphatic rings. The van der Waals surface area contributed by atoms with Crippen molar-refractivity contribution in [2.75, 3.05) is 37.4 Å². The van der Waals surface area contributed by atoms with E-state index < -0.39 is 16.1 Å². The van der Waals surface area contributed by atoms with E-state index in [1.54, 1.807) is 19.9 Å². The summed E-state index contributed by atoms with van der Waals surface area (Å²) in [4.78, 5) is 7.91. The first kappa shape index (κ1) is 25.0. The van der Waals surface area contributed by atoms with Crippen LogP contribution >= 0.6 is 0 Å². The number of benzene rings is 2. The summed E-state index contributed by atoms with van der Waals surface area (Å²) in [5, 5.41) is 0. The van der Waals surface area contributed by atoms with Gasteiger partial charge in [0.1, 0.15) is 17.4 Å². The molecule has 34 heavy (non-hydrogen) atoms. The molecule has 0 aliphatic heterocycles. The van der Waals surface area contributed by atoms with Crippen molar-refractivity contribution in [1.29, 1.82) is 0 Å². The average molecular weight is 491 g/mol. The first-order valence-electron chi connectivity index (χ1n) is 10.4. The molecule has 6 N–H and O–H groups in total. The van der Waals surface area contributed by atoms with Crippen LogP contribution < -0.4 is 26.1 Å². The molecule has 3 aromatic rings. The highest BCUT2D eigenvalue weighted by molar-refractivity contribution is 7.84. The SMILES string of the molecule is CCOc1cc(Cc2cnc(N)nc2N)cc(OS(=O)(=O)N(C)CC)c1-c1cc(N)cc(F)c1. The van der Waals surface area contributed by atoms with E-state index in [-0.39, 0.29) is 54.1 Å². The lowest BCUT2D eigenvalue weighted by atomic mass is 9.98. The maximum Gasteiger partial charge on any atom is 0.384 e. The van der Waals surface area contributed by atoms with E-state index in [0.717, 1.165) is 10.4 Å². The third-order valence-corrected chi connectivity index (χ3v) is 6.38. The fourth-order valence-electron chi connectivity index (χ4n) is 3.25. The number of nitrogens with two attached hydrogens (primary N) is 3. The zero-order valence-electron chi connectivity index (χ0n) is 19.1. The van der Waals surface area contributed by atoms with Crippen molar-refractivity contribution in [2.45, 2.75) is 20.3 Å². The number of hydrogen-bond acceptors (Lipinski definition) is 9. The normalized spacial score (nSPS) is 11.6. The van der Waals surface area contributed by atoms with Crippen molar-refractivity contribution >= 4 is 27.8 Å². The lowest BCUT2D eigenvalue weighted by Crippen LogP contribution is -2.30. The second-order valence-electron chi connectivity index (χ2n) is 7.44. The second kappa shape index (κ2) is 10.1. The van der Waals surface area contributed by atoms with Gasteiger partial charge in [0, 0.05) is 37.5 Å². The van der Waals surface area contributed by atoms with Gasteiger partial charge < -0.3 is 26.1 Å². The van der Waals surface area contributed by atoms with Crippen LogP contribution in [-0.4, -0.2) is 42.9 Å². The highest BCUT2D eigenvalue weighted by Gasteiger charge is 2.24. The Morgan fingerprint density at radius 2 is 1.76 bits per heavy atom. The number of halogens is 1. The summed E-state index contributed by atoms with van der Waals surface area (Å²) in [5.41, 5.74) is 19.2. The van der Waals surface area contributed by atoms with E-state index in [1.807, 2.05) is 0 Å². The molecule has 2 aromatic carbocycles. The van der Waals surface area contributed by atoms with Crippen molar-refractivity contribution in [2.24, 2.45) is 0 Å². The molecule has 12 heteroatoms. The molecule has 0 aliphatic carbocycles. The highest BCUT2D eigenvalue weighted by atomic mass is 32.2. The minimum Gasteiger partial charge on any atom is -0.493 e. The lowest BCUT2D eigenvalue weighted by molar-refractivity contribution is 0.339. The summed E-state index contributed by atoms with van der Waals surface area (Å²) in [6.07, 6.45) is 1.72. The summed E-state index contributed by atoms with van der Waals surface area (Å²) in [6.45, 7) is 3.88. The smallest absolute Gasteiger partial charge is 0.384 e. The van der Waals surface area contributed by atoms with Gasteiger partial charge in [0.15, 0.2) is 5.75 Å². The molecule has 0 radical (unpaired) electrons. The molecule has 1 heterocycles. The van der Waals surface area contributed by atoms with Crippen LogP contribution in [0.1, 0.15) is 25.0 Å². The van der Waals surface area contributed by atoms with E-state index in [4.69, 9.17) is 26.1 Å². The van der Waals surface area contributed by atoms with Gasteiger partial charge in [0.05, 0.1) is 12.2 Å². The first-order valence-corrected chi connectivity index (χ1v) is 11.8. The molecule has 0 spiro atoms. The van der Waals surface area contributed by atoms with Crippen LogP contribution in [-0.2, 0) is 16.7 Å². The van der Waals surface area contributed by atoms with Crippen LogP contribution in [0.4, 0.5) is 21.8 Å². The lowest BCUT2D eigenvalue weighted by Gasteiger charge is -2.20. The number of aromatic nitrogens is 2. The third kappa shape index (κ3) is 5.64. The Kier molecular flexibility index (Phi) is 7.42. The van der Waals surface area contributed by atoms with Gasteiger partial charge in [-0.25, -0.2) is 9.37 Å². The van der Waals surface area contributed by atoms with Gasteiger partial charge in [-0.2, -0.15) is 17.7 Å². The summed E-state index contributed by atoms with van der Waals surface area (Å²) in [5.74, 6) is -0.139. The van der Waals surface area contributed by atoms with Crippen molar-refractivity contribution in [3.8, 4) is 22.6 Å². The maximum atomic E-state index is 14.2. The summed E-state index contributed by atoms with van der Waals surface area (Å²) in [6, 6.07) is 7.11. The summed E-state index contributed by atoms with van der Waals surface area (Å²) >= 11 is 0. The van der Waals surface area contributed by atoms with Crippen molar-refractivity contribution in [1.82, 2.24) is 14.3 Å². The second-order valence-corrected chi connectivity index (χ2v) is 9.09. The van der Waals surface area contributed by atoms with Crippen LogP contribution in [0.25, 0.3) is 11.1 Å². The number of hydrogen-bond donors (Lipinski definition) is 3. The molecule has 0 saturated heterocycles. The van der Waals surface area contributed by atoms with Gasteiger partial charge in [-0.1, -0.05) is 6.92 Å². The van der Waals surface area contributed by atoms with Crippen molar-refractivity contribution in [3.05, 3.63) is 53.5 Å². The Hall–Kier alpha value is -3.64. The van der Waals surface area contributed by atoms with Crippen molar-refractivity contribution < 1.29 is 21.7 Å². The van der Waals surface area contributed by atoms with Crippen molar-refractivity contribution in [3.63, 3.8) is 0 Å². The minimum atomic E-state index is -4.16. The quantitative estimate of drug-likeness (QED) is 0.383. The number of nitrogens with zero attached hydrogens (tertiary/aromatic N) is 3. The Bertz CT molecular complexity index is 1280. The Morgan fingerprint density at radius 1 is 1.06 bits per heavy atom. The molecule has 0 amide bonds. The maximum absolute atomic E-state index is 14.2. The van der Waals surface area contributed by atoms with E-state index in [2.05, 4.69) is 9.97 Å². The van der Waals surface area contributed by atoms with Gasteiger partial charge in [0.2, 0.25) is 5.95 Å².